The zero-order chi connectivity index (χ0) is 44.9. The predicted octanol–water partition coefficient (Wildman–Crippen LogP) is 8.47. The van der Waals surface area contributed by atoms with E-state index in [1.54, 1.807) is 13.8 Å². The number of fused-ring (bicyclic) bond motifs is 1. The summed E-state index contributed by atoms with van der Waals surface area (Å²) in [6, 6.07) is 7.62. The van der Waals surface area contributed by atoms with Crippen molar-refractivity contribution in [1.29, 1.82) is 0 Å². The molecule has 12 nitrogen and oxygen atoms in total. The van der Waals surface area contributed by atoms with Crippen LogP contribution in [0.25, 0.3) is 17.0 Å². The van der Waals surface area contributed by atoms with E-state index in [4.69, 9.17) is 49.3 Å². The third-order valence-electron chi connectivity index (χ3n) is 12.0. The molecule has 2 heterocycles. The van der Waals surface area contributed by atoms with Crippen molar-refractivity contribution in [1.82, 2.24) is 26.1 Å². The Morgan fingerprint density at radius 3 is 2.19 bits per heavy atom. The number of hydrogen-bond donors (Lipinski definition) is 3. The average molecular weight is 897 g/mol. The minimum atomic E-state index is -1.96. The van der Waals surface area contributed by atoms with Gasteiger partial charge < -0.3 is 20.1 Å². The van der Waals surface area contributed by atoms with Crippen LogP contribution in [-0.2, 0) is 33.4 Å². The van der Waals surface area contributed by atoms with Gasteiger partial charge in [-0.25, -0.2) is 10.4 Å². The maximum Gasteiger partial charge on any atom is 0.325 e. The third kappa shape index (κ3) is 13.4. The number of pyridine rings is 1. The van der Waals surface area contributed by atoms with Crippen LogP contribution >= 0.6 is 34.8 Å². The quantitative estimate of drug-likeness (QED) is 0.0907. The van der Waals surface area contributed by atoms with Crippen molar-refractivity contribution in [3.63, 3.8) is 0 Å². The summed E-state index contributed by atoms with van der Waals surface area (Å²) in [5.74, 6) is -2.70. The normalized spacial score (nSPS) is 18.2. The molecule has 3 rings (SSSR count). The van der Waals surface area contributed by atoms with Crippen LogP contribution in [0.15, 0.2) is 36.4 Å². The van der Waals surface area contributed by atoms with Crippen LogP contribution in [-0.4, -0.2) is 82.8 Å². The van der Waals surface area contributed by atoms with E-state index in [-0.39, 0.29) is 22.8 Å². The molecule has 3 amide bonds. The van der Waals surface area contributed by atoms with Gasteiger partial charge in [-0.2, -0.15) is 0 Å². The molecule has 59 heavy (non-hydrogen) atoms. The van der Waals surface area contributed by atoms with Crippen molar-refractivity contribution < 1.29 is 33.4 Å². The third-order valence-corrected chi connectivity index (χ3v) is 18.1. The van der Waals surface area contributed by atoms with E-state index >= 15 is 0 Å². The number of ether oxygens (including phenoxy) is 2. The van der Waals surface area contributed by atoms with Gasteiger partial charge in [-0.1, -0.05) is 133 Å². The number of amides is 3. The first kappa shape index (κ1) is 50.1. The van der Waals surface area contributed by atoms with E-state index < -0.39 is 71.3 Å². The molecule has 0 bridgehead atoms. The number of esters is 2. The number of aromatic nitrogens is 1. The summed E-state index contributed by atoms with van der Waals surface area (Å²) in [6.45, 7) is 25.8. The molecule has 2 aromatic rings. The number of carbonyl (C=O) groups is 5. The van der Waals surface area contributed by atoms with Crippen molar-refractivity contribution in [3.05, 3.63) is 47.7 Å². The van der Waals surface area contributed by atoms with Crippen molar-refractivity contribution in [2.75, 3.05) is 13.2 Å². The van der Waals surface area contributed by atoms with Gasteiger partial charge >= 0.3 is 11.9 Å². The molecule has 0 aliphatic carbocycles. The second-order valence-electron chi connectivity index (χ2n) is 18.6. The van der Waals surface area contributed by atoms with Crippen LogP contribution in [0.1, 0.15) is 106 Å². The number of carbonyl (C=O) groups excluding carboxylic acids is 5. The van der Waals surface area contributed by atoms with Crippen LogP contribution in [0.2, 0.25) is 24.2 Å². The smallest absolute Gasteiger partial charge is 0.325 e. The lowest BCUT2D eigenvalue weighted by atomic mass is 9.66. The van der Waals surface area contributed by atoms with E-state index in [1.807, 2.05) is 63.3 Å². The minimum absolute atomic E-state index is 0.0490. The van der Waals surface area contributed by atoms with E-state index in [0.717, 1.165) is 17.0 Å². The van der Waals surface area contributed by atoms with Crippen molar-refractivity contribution >= 4 is 89.5 Å². The summed E-state index contributed by atoms with van der Waals surface area (Å²) >= 11 is 17.2. The number of alkyl halides is 3. The van der Waals surface area contributed by atoms with Crippen LogP contribution in [0.4, 0.5) is 0 Å². The van der Waals surface area contributed by atoms with Crippen molar-refractivity contribution in [2.45, 2.75) is 141 Å². The topological polar surface area (TPSA) is 156 Å². The molecule has 16 heteroatoms. The molecule has 328 valence electrons. The lowest BCUT2D eigenvalue weighted by molar-refractivity contribution is -0.153. The monoisotopic (exact) mass is 895 g/mol. The van der Waals surface area contributed by atoms with Crippen LogP contribution < -0.4 is 16.1 Å². The standard InChI is InChI=1S/C43H64Cl3N5O7Si/c1-26(2)35(36(53)47-27(3)37(54)51-22-14-15-33(50-51)38(55)57-24-43(44,45)46)49-39(56)42(11,41(9,10)25-59(12,13)40(6,7)8)21-20-30-16-17-31-18-19-32(48-34(31)23-30)28(4)58-29(5)52/h16-21,23,26-28,33,35,50H,14-15,22,24-25H2,1-13H3,(H,47,53)(H,49,56)/b21-20+/t27-,28+,33-,35-,42?/m0/s1. The lowest BCUT2D eigenvalue weighted by Gasteiger charge is -2.49. The predicted molar refractivity (Wildman–Crippen MR) is 238 cm³/mol. The summed E-state index contributed by atoms with van der Waals surface area (Å²) in [4.78, 5) is 71.4. The van der Waals surface area contributed by atoms with Crippen LogP contribution in [0.5, 0.6) is 0 Å². The van der Waals surface area contributed by atoms with Gasteiger partial charge in [0, 0.05) is 18.9 Å². The Morgan fingerprint density at radius 1 is 0.983 bits per heavy atom. The SMILES string of the molecule is CC(=O)O[C@H](C)c1ccc2ccc(/C=C/C(C)(C(=O)N[C@H](C(=O)N[C@@H](C)C(=O)N3CCC[C@@H](C(=O)OCC(Cl)(Cl)Cl)N3)C(C)C)C(C)(C)C[Si](C)(C)C(C)(C)C)cc2n1. The summed E-state index contributed by atoms with van der Waals surface area (Å²) in [6.07, 6.45) is 4.24. The van der Waals surface area contributed by atoms with E-state index in [1.165, 1.54) is 11.9 Å². The summed E-state index contributed by atoms with van der Waals surface area (Å²) in [7, 11) is -1.96. The second-order valence-corrected chi connectivity index (χ2v) is 26.8. The zero-order valence-corrected chi connectivity index (χ0v) is 40.1. The molecule has 0 saturated carbocycles. The molecule has 1 aromatic heterocycles. The largest absolute Gasteiger partial charge is 0.460 e. The lowest BCUT2D eigenvalue weighted by Crippen LogP contribution is -2.61. The molecule has 1 aromatic carbocycles. The summed E-state index contributed by atoms with van der Waals surface area (Å²) < 4.78 is 8.69. The fourth-order valence-corrected chi connectivity index (χ4v) is 10.3. The molecule has 1 aliphatic heterocycles. The molecule has 0 spiro atoms. The maximum atomic E-state index is 14.9. The number of nitrogens with one attached hydrogen (secondary N) is 3. The van der Waals surface area contributed by atoms with Gasteiger partial charge in [0.15, 0.2) is 0 Å². The molecule has 1 unspecified atom stereocenters. The van der Waals surface area contributed by atoms with Crippen molar-refractivity contribution in [3.8, 4) is 0 Å². The Hall–Kier alpha value is -3.23. The fraction of sp³-hybridized carbons (Fsp3) is 0.628. The highest BCUT2D eigenvalue weighted by atomic mass is 35.6. The Morgan fingerprint density at radius 2 is 1.61 bits per heavy atom. The number of rotatable bonds is 15. The molecule has 0 radical (unpaired) electrons. The number of hydrazine groups is 1. The van der Waals surface area contributed by atoms with Crippen LogP contribution in [0, 0.1) is 16.7 Å². The summed E-state index contributed by atoms with van der Waals surface area (Å²) in [5.41, 5.74) is 3.35. The van der Waals surface area contributed by atoms with Gasteiger partial charge in [0.2, 0.25) is 15.6 Å². The Labute approximate surface area is 366 Å². The molecule has 1 saturated heterocycles. The second kappa shape index (κ2) is 19.6. The molecule has 1 fully saturated rings. The Bertz CT molecular complexity index is 1890. The minimum Gasteiger partial charge on any atom is -0.460 e. The molecular formula is C43H64Cl3N5O7Si. The number of halogens is 3. The number of nitrogens with zero attached hydrogens (tertiary/aromatic N) is 2. The highest BCUT2D eigenvalue weighted by Gasteiger charge is 2.51. The number of benzene rings is 1. The molecule has 5 atom stereocenters. The highest BCUT2D eigenvalue weighted by molar-refractivity contribution is 6.80. The molecule has 3 N–H and O–H groups in total. The van der Waals surface area contributed by atoms with Gasteiger partial charge in [-0.3, -0.25) is 29.0 Å². The van der Waals surface area contributed by atoms with Gasteiger partial charge in [-0.05, 0) is 67.7 Å². The first-order valence-electron chi connectivity index (χ1n) is 20.2. The fourth-order valence-electron chi connectivity index (χ4n) is 7.01. The maximum absolute atomic E-state index is 14.9. The summed E-state index contributed by atoms with van der Waals surface area (Å²) in [5, 5.41) is 8.13. The van der Waals surface area contributed by atoms with Crippen molar-refractivity contribution in [2.24, 2.45) is 16.7 Å². The van der Waals surface area contributed by atoms with Crippen LogP contribution in [0.3, 0.4) is 0 Å². The first-order chi connectivity index (χ1) is 27.0. The Kier molecular flexibility index (Phi) is 16.7. The van der Waals surface area contributed by atoms with E-state index in [9.17, 15) is 24.0 Å². The van der Waals surface area contributed by atoms with Gasteiger partial charge in [0.05, 0.1) is 24.7 Å². The van der Waals surface area contributed by atoms with E-state index in [2.05, 4.69) is 63.8 Å². The highest BCUT2D eigenvalue weighted by Crippen LogP contribution is 2.51. The Balaban J connectivity index is 1.91. The molecule has 1 aliphatic rings. The van der Waals surface area contributed by atoms with E-state index in [0.29, 0.717) is 30.6 Å². The van der Waals surface area contributed by atoms with Gasteiger partial charge in [0.25, 0.3) is 5.91 Å². The van der Waals surface area contributed by atoms with Gasteiger partial charge in [0.1, 0.15) is 30.8 Å². The average Bonchev–Trinajstić information content (AvgIpc) is 3.12. The number of hydrogen-bond acceptors (Lipinski definition) is 9. The molecular weight excluding hydrogens is 833 g/mol. The van der Waals surface area contributed by atoms with Gasteiger partial charge in [-0.15, -0.1) is 0 Å². The zero-order valence-electron chi connectivity index (χ0n) is 36.8. The first-order valence-corrected chi connectivity index (χ1v) is 24.5.